The minimum absolute atomic E-state index is 0.0244. The van der Waals surface area contributed by atoms with E-state index in [0.717, 1.165) is 60.7 Å². The molecule has 0 aromatic rings. The molecule has 164 valence electrons. The fraction of sp³-hybridized carbons (Fsp3) is 0.963. The van der Waals surface area contributed by atoms with E-state index in [1.54, 1.807) is 0 Å². The molecule has 0 aromatic carbocycles. The Kier molecular flexibility index (Phi) is 6.11. The fourth-order valence-corrected chi connectivity index (χ4v) is 8.78. The van der Waals surface area contributed by atoms with E-state index < -0.39 is 0 Å². The Morgan fingerprint density at radius 3 is 2.52 bits per heavy atom. The van der Waals surface area contributed by atoms with Gasteiger partial charge in [-0.25, -0.2) is 0 Å². The zero-order chi connectivity index (χ0) is 20.8. The van der Waals surface area contributed by atoms with Gasteiger partial charge in [0.15, 0.2) is 0 Å². The largest absolute Gasteiger partial charge is 0.393 e. The van der Waals surface area contributed by atoms with E-state index in [-0.39, 0.29) is 11.5 Å². The van der Waals surface area contributed by atoms with Gasteiger partial charge in [-0.3, -0.25) is 0 Å². The van der Waals surface area contributed by atoms with E-state index in [0.29, 0.717) is 5.41 Å². The Balaban J connectivity index is 1.38. The molecule has 4 aliphatic carbocycles. The molecule has 0 spiro atoms. The van der Waals surface area contributed by atoms with Crippen LogP contribution in [0.1, 0.15) is 105 Å². The van der Waals surface area contributed by atoms with Gasteiger partial charge in [-0.2, -0.15) is 5.26 Å². The standard InChI is InChI=1S/C27H45NO/c1-18(6-5-14-26(2,3)17-28)21-9-10-23-22(21)11-12-25-24(23)8-7-19-16-20(29)13-15-27(19,25)4/h18-25,29H,5-16H2,1-4H3/t18-,19?,20?,21?,22?,23?,24?,25?,27?/m1/s1. The first-order valence-corrected chi connectivity index (χ1v) is 12.8. The molecule has 0 aliphatic heterocycles. The summed E-state index contributed by atoms with van der Waals surface area (Å²) in [7, 11) is 0. The van der Waals surface area contributed by atoms with Gasteiger partial charge in [-0.05, 0) is 125 Å². The van der Waals surface area contributed by atoms with Crippen LogP contribution in [0.3, 0.4) is 0 Å². The van der Waals surface area contributed by atoms with Gasteiger partial charge < -0.3 is 5.11 Å². The Bertz CT molecular complexity index is 621. The number of hydrogen-bond donors (Lipinski definition) is 1. The maximum Gasteiger partial charge on any atom is 0.0683 e. The highest BCUT2D eigenvalue weighted by Crippen LogP contribution is 2.64. The Morgan fingerprint density at radius 1 is 1.03 bits per heavy atom. The van der Waals surface area contributed by atoms with Gasteiger partial charge in [0.05, 0.1) is 17.6 Å². The quantitative estimate of drug-likeness (QED) is 0.542. The first kappa shape index (κ1) is 21.7. The van der Waals surface area contributed by atoms with E-state index >= 15 is 0 Å². The number of nitrogens with zero attached hydrogens (tertiary/aromatic N) is 1. The predicted molar refractivity (Wildman–Crippen MR) is 119 cm³/mol. The number of nitriles is 1. The van der Waals surface area contributed by atoms with Crippen molar-refractivity contribution in [1.82, 2.24) is 0 Å². The highest BCUT2D eigenvalue weighted by molar-refractivity contribution is 5.06. The van der Waals surface area contributed by atoms with Crippen molar-refractivity contribution in [3.8, 4) is 6.07 Å². The molecular weight excluding hydrogens is 354 g/mol. The summed E-state index contributed by atoms with van der Waals surface area (Å²) in [5.41, 5.74) is 0.358. The fourth-order valence-electron chi connectivity index (χ4n) is 8.78. The lowest BCUT2D eigenvalue weighted by molar-refractivity contribution is -0.109. The van der Waals surface area contributed by atoms with E-state index in [1.807, 2.05) is 0 Å². The third-order valence-corrected chi connectivity index (χ3v) is 10.5. The third-order valence-electron chi connectivity index (χ3n) is 10.5. The van der Waals surface area contributed by atoms with Crippen LogP contribution in [0.25, 0.3) is 0 Å². The van der Waals surface area contributed by atoms with Crippen molar-refractivity contribution in [2.45, 2.75) is 111 Å². The molecule has 0 bridgehead atoms. The van der Waals surface area contributed by atoms with Crippen molar-refractivity contribution in [3.05, 3.63) is 0 Å². The molecule has 4 fully saturated rings. The highest BCUT2D eigenvalue weighted by atomic mass is 16.3. The van der Waals surface area contributed by atoms with Gasteiger partial charge in [0.1, 0.15) is 0 Å². The van der Waals surface area contributed by atoms with E-state index in [9.17, 15) is 10.4 Å². The molecule has 0 amide bonds. The second kappa shape index (κ2) is 8.18. The molecule has 2 nitrogen and oxygen atoms in total. The van der Waals surface area contributed by atoms with Crippen LogP contribution in [0.15, 0.2) is 0 Å². The maximum absolute atomic E-state index is 10.2. The number of aliphatic hydroxyl groups is 1. The van der Waals surface area contributed by atoms with Crippen molar-refractivity contribution >= 4 is 0 Å². The first-order chi connectivity index (χ1) is 13.7. The van der Waals surface area contributed by atoms with Crippen LogP contribution in [0, 0.1) is 63.6 Å². The Morgan fingerprint density at radius 2 is 1.76 bits per heavy atom. The summed E-state index contributed by atoms with van der Waals surface area (Å²) in [6.45, 7) is 9.30. The minimum atomic E-state index is -0.155. The van der Waals surface area contributed by atoms with Gasteiger partial charge in [0.2, 0.25) is 0 Å². The van der Waals surface area contributed by atoms with Crippen molar-refractivity contribution in [2.24, 2.45) is 52.3 Å². The lowest BCUT2D eigenvalue weighted by Gasteiger charge is -2.59. The molecule has 0 radical (unpaired) electrons. The van der Waals surface area contributed by atoms with Crippen LogP contribution < -0.4 is 0 Å². The monoisotopic (exact) mass is 399 g/mol. The second-order valence-electron chi connectivity index (χ2n) is 12.5. The smallest absolute Gasteiger partial charge is 0.0683 e. The van der Waals surface area contributed by atoms with Crippen LogP contribution in [0.5, 0.6) is 0 Å². The van der Waals surface area contributed by atoms with Crippen molar-refractivity contribution < 1.29 is 5.11 Å². The third kappa shape index (κ3) is 4.03. The Hall–Kier alpha value is -0.550. The van der Waals surface area contributed by atoms with Crippen molar-refractivity contribution in [1.29, 1.82) is 5.26 Å². The molecular formula is C27H45NO. The zero-order valence-electron chi connectivity index (χ0n) is 19.5. The van der Waals surface area contributed by atoms with Crippen molar-refractivity contribution in [3.63, 3.8) is 0 Å². The average Bonchev–Trinajstić information content (AvgIpc) is 3.13. The molecule has 29 heavy (non-hydrogen) atoms. The molecule has 8 unspecified atom stereocenters. The number of aliphatic hydroxyl groups excluding tert-OH is 1. The van der Waals surface area contributed by atoms with E-state index in [1.165, 1.54) is 57.8 Å². The van der Waals surface area contributed by atoms with Gasteiger partial charge in [-0.15, -0.1) is 0 Å². The molecule has 4 aliphatic rings. The van der Waals surface area contributed by atoms with Crippen LogP contribution >= 0.6 is 0 Å². The summed E-state index contributed by atoms with van der Waals surface area (Å²) >= 11 is 0. The van der Waals surface area contributed by atoms with Crippen LogP contribution in [0.2, 0.25) is 0 Å². The summed E-state index contributed by atoms with van der Waals surface area (Å²) in [6, 6.07) is 2.47. The van der Waals surface area contributed by atoms with E-state index in [2.05, 4.69) is 33.8 Å². The average molecular weight is 400 g/mol. The van der Waals surface area contributed by atoms with Crippen LogP contribution in [0.4, 0.5) is 0 Å². The molecule has 9 atom stereocenters. The summed E-state index contributed by atoms with van der Waals surface area (Å²) in [5, 5.41) is 19.5. The van der Waals surface area contributed by atoms with Gasteiger partial charge >= 0.3 is 0 Å². The number of hydrogen-bond acceptors (Lipinski definition) is 2. The zero-order valence-corrected chi connectivity index (χ0v) is 19.5. The summed E-state index contributed by atoms with van der Waals surface area (Å²) in [6.07, 6.45) is 15.6. The molecule has 0 aromatic heterocycles. The normalized spacial score (nSPS) is 45.6. The molecule has 2 heteroatoms. The molecule has 1 N–H and O–H groups in total. The first-order valence-electron chi connectivity index (χ1n) is 12.8. The highest BCUT2D eigenvalue weighted by Gasteiger charge is 2.56. The maximum atomic E-state index is 10.2. The molecule has 4 saturated carbocycles. The topological polar surface area (TPSA) is 44.0 Å². The SMILES string of the molecule is C[C@H](CCCC(C)(C)C#N)C1CCC2C1CCC1C2CCC2CC(O)CCC21C. The van der Waals surface area contributed by atoms with Crippen molar-refractivity contribution in [2.75, 3.05) is 0 Å². The van der Waals surface area contributed by atoms with Crippen LogP contribution in [-0.2, 0) is 0 Å². The summed E-state index contributed by atoms with van der Waals surface area (Å²) in [4.78, 5) is 0. The lowest BCUT2D eigenvalue weighted by Crippen LogP contribution is -2.52. The Labute approximate surface area is 179 Å². The molecule has 0 saturated heterocycles. The molecule has 0 heterocycles. The number of rotatable bonds is 5. The summed E-state index contributed by atoms with van der Waals surface area (Å²) < 4.78 is 0. The van der Waals surface area contributed by atoms with Gasteiger partial charge in [0.25, 0.3) is 0 Å². The summed E-state index contributed by atoms with van der Waals surface area (Å²) in [5.74, 6) is 6.41. The lowest BCUT2D eigenvalue weighted by atomic mass is 9.46. The predicted octanol–water partition coefficient (Wildman–Crippen LogP) is 6.97. The minimum Gasteiger partial charge on any atom is -0.393 e. The van der Waals surface area contributed by atoms with Gasteiger partial charge in [0, 0.05) is 0 Å². The molecule has 4 rings (SSSR count). The second-order valence-corrected chi connectivity index (χ2v) is 12.5. The van der Waals surface area contributed by atoms with Gasteiger partial charge in [-0.1, -0.05) is 26.7 Å². The van der Waals surface area contributed by atoms with E-state index in [4.69, 9.17) is 0 Å². The number of fused-ring (bicyclic) bond motifs is 5. The van der Waals surface area contributed by atoms with Crippen LogP contribution in [-0.4, -0.2) is 11.2 Å².